The number of non-ortho nitro benzene ring substituents is 1. The fourth-order valence-electron chi connectivity index (χ4n) is 3.53. The molecule has 0 radical (unpaired) electrons. The van der Waals surface area contributed by atoms with E-state index in [-0.39, 0.29) is 18.9 Å². The van der Waals surface area contributed by atoms with Gasteiger partial charge in [0.2, 0.25) is 0 Å². The van der Waals surface area contributed by atoms with Crippen LogP contribution in [0.1, 0.15) is 58.8 Å². The maximum atomic E-state index is 12.0. The van der Waals surface area contributed by atoms with E-state index < -0.39 is 22.8 Å². The Morgan fingerprint density at radius 1 is 0.784 bits per heavy atom. The summed E-state index contributed by atoms with van der Waals surface area (Å²) in [6, 6.07) is 13.1. The largest absolute Gasteiger partial charge is 0.494 e. The van der Waals surface area contributed by atoms with E-state index in [0.29, 0.717) is 24.4 Å². The Hall–Kier alpha value is -3.82. The summed E-state index contributed by atoms with van der Waals surface area (Å²) in [5.41, 5.74) is 1.19. The van der Waals surface area contributed by atoms with Crippen LogP contribution < -0.4 is 4.74 Å². The van der Waals surface area contributed by atoms with Crippen molar-refractivity contribution < 1.29 is 28.7 Å². The fraction of sp³-hybridized carbons (Fsp3) is 0.481. The van der Waals surface area contributed by atoms with Crippen molar-refractivity contribution in [3.05, 3.63) is 58.6 Å². The molecule has 2 rings (SSSR count). The van der Waals surface area contributed by atoms with Crippen molar-refractivity contribution in [3.8, 4) is 5.75 Å². The molecule has 0 aliphatic rings. The van der Waals surface area contributed by atoms with Gasteiger partial charge in [-0.25, -0.2) is 0 Å². The van der Waals surface area contributed by atoms with Crippen LogP contribution >= 0.6 is 0 Å². The standard InChI is InChI=1S/C27H35N3O7/c1-3-35-26(31)25(27(32)36-4-2)11-9-7-5-6-8-10-20-37-24-18-14-22(15-19-24)29-28-21-12-16-23(17-13-21)30(33)34/h12-19,25H,3-11,20H2,1-2H3. The summed E-state index contributed by atoms with van der Waals surface area (Å²) in [7, 11) is 0. The van der Waals surface area contributed by atoms with Gasteiger partial charge in [0, 0.05) is 12.1 Å². The molecule has 0 N–H and O–H groups in total. The number of hydrogen-bond donors (Lipinski definition) is 0. The Morgan fingerprint density at radius 3 is 1.78 bits per heavy atom. The number of esters is 2. The second-order valence-corrected chi connectivity index (χ2v) is 8.28. The Kier molecular flexibility index (Phi) is 13.3. The molecule has 0 amide bonds. The molecule has 2 aromatic carbocycles. The number of hydrogen-bond acceptors (Lipinski definition) is 9. The van der Waals surface area contributed by atoms with Gasteiger partial charge in [-0.2, -0.15) is 10.2 Å². The van der Waals surface area contributed by atoms with Crippen molar-refractivity contribution in [3.63, 3.8) is 0 Å². The van der Waals surface area contributed by atoms with E-state index in [9.17, 15) is 19.7 Å². The summed E-state index contributed by atoms with van der Waals surface area (Å²) in [6.45, 7) is 4.54. The Morgan fingerprint density at radius 2 is 1.27 bits per heavy atom. The molecule has 0 spiro atoms. The van der Waals surface area contributed by atoms with E-state index in [1.807, 2.05) is 12.1 Å². The number of ether oxygens (including phenoxy) is 3. The Labute approximate surface area is 217 Å². The summed E-state index contributed by atoms with van der Waals surface area (Å²) >= 11 is 0. The van der Waals surface area contributed by atoms with Gasteiger partial charge >= 0.3 is 11.9 Å². The number of unbranched alkanes of at least 4 members (excludes halogenated alkanes) is 5. The van der Waals surface area contributed by atoms with Crippen LogP contribution in [0.5, 0.6) is 5.75 Å². The topological polar surface area (TPSA) is 130 Å². The highest BCUT2D eigenvalue weighted by Crippen LogP contribution is 2.23. The lowest BCUT2D eigenvalue weighted by Crippen LogP contribution is -2.28. The van der Waals surface area contributed by atoms with Gasteiger partial charge in [-0.15, -0.1) is 0 Å². The van der Waals surface area contributed by atoms with Crippen LogP contribution in [0.3, 0.4) is 0 Å². The molecule has 37 heavy (non-hydrogen) atoms. The molecular weight excluding hydrogens is 478 g/mol. The molecule has 0 aliphatic heterocycles. The molecule has 0 saturated carbocycles. The van der Waals surface area contributed by atoms with E-state index in [4.69, 9.17) is 14.2 Å². The quantitative estimate of drug-likeness (QED) is 0.0564. The molecule has 200 valence electrons. The number of benzene rings is 2. The molecule has 0 atom stereocenters. The highest BCUT2D eigenvalue weighted by Gasteiger charge is 2.28. The van der Waals surface area contributed by atoms with Crippen LogP contribution in [0.2, 0.25) is 0 Å². The summed E-state index contributed by atoms with van der Waals surface area (Å²) < 4.78 is 15.8. The van der Waals surface area contributed by atoms with Crippen LogP contribution in [0.15, 0.2) is 58.8 Å². The summed E-state index contributed by atoms with van der Waals surface area (Å²) in [6.07, 6.45) is 6.18. The summed E-state index contributed by atoms with van der Waals surface area (Å²) in [5.74, 6) is -1.08. The van der Waals surface area contributed by atoms with E-state index in [1.165, 1.54) is 12.1 Å². The number of azo groups is 1. The zero-order chi connectivity index (χ0) is 26.9. The lowest BCUT2D eigenvalue weighted by molar-refractivity contribution is -0.384. The van der Waals surface area contributed by atoms with Crippen LogP contribution in [0.25, 0.3) is 0 Å². The number of carbonyl (C=O) groups excluding carboxylic acids is 2. The minimum absolute atomic E-state index is 0.00987. The Bertz CT molecular complexity index is 990. The monoisotopic (exact) mass is 513 g/mol. The predicted molar refractivity (Wildman–Crippen MR) is 138 cm³/mol. The first-order valence-electron chi connectivity index (χ1n) is 12.7. The molecule has 0 fully saturated rings. The predicted octanol–water partition coefficient (Wildman–Crippen LogP) is 6.86. The average Bonchev–Trinajstić information content (AvgIpc) is 2.89. The lowest BCUT2D eigenvalue weighted by atomic mass is 10.0. The lowest BCUT2D eigenvalue weighted by Gasteiger charge is -2.14. The van der Waals surface area contributed by atoms with Gasteiger partial charge in [0.05, 0.1) is 36.1 Å². The van der Waals surface area contributed by atoms with Crippen LogP contribution in [-0.2, 0) is 19.1 Å². The zero-order valence-electron chi connectivity index (χ0n) is 21.5. The normalized spacial score (nSPS) is 11.0. The van der Waals surface area contributed by atoms with Crippen LogP contribution in [0, 0.1) is 16.0 Å². The number of nitro groups is 1. The van der Waals surface area contributed by atoms with Crippen LogP contribution in [0.4, 0.5) is 17.1 Å². The van der Waals surface area contributed by atoms with E-state index >= 15 is 0 Å². The first-order valence-corrected chi connectivity index (χ1v) is 12.7. The minimum atomic E-state index is -0.830. The van der Waals surface area contributed by atoms with Gasteiger partial charge in [0.15, 0.2) is 5.92 Å². The molecule has 10 nitrogen and oxygen atoms in total. The maximum absolute atomic E-state index is 12.0. The highest BCUT2D eigenvalue weighted by atomic mass is 16.6. The van der Waals surface area contributed by atoms with Gasteiger partial charge < -0.3 is 14.2 Å². The SMILES string of the molecule is CCOC(=O)C(CCCCCCCCOc1ccc(N=Nc2ccc([N+](=O)[O-])cc2)cc1)C(=O)OCC. The number of nitro benzene ring substituents is 1. The first kappa shape index (κ1) is 29.4. The molecule has 0 bridgehead atoms. The van der Waals surface area contributed by atoms with Crippen molar-refractivity contribution >= 4 is 29.0 Å². The molecule has 0 heterocycles. The Balaban J connectivity index is 1.60. The first-order chi connectivity index (χ1) is 17.9. The second-order valence-electron chi connectivity index (χ2n) is 8.28. The van der Waals surface area contributed by atoms with E-state index in [2.05, 4.69) is 10.2 Å². The molecule has 0 aromatic heterocycles. The third-order valence-corrected chi connectivity index (χ3v) is 5.48. The van der Waals surface area contributed by atoms with Gasteiger partial charge in [-0.3, -0.25) is 19.7 Å². The van der Waals surface area contributed by atoms with Crippen molar-refractivity contribution in [1.82, 2.24) is 0 Å². The van der Waals surface area contributed by atoms with E-state index in [1.54, 1.807) is 38.1 Å². The van der Waals surface area contributed by atoms with Gasteiger partial charge in [0.1, 0.15) is 5.75 Å². The van der Waals surface area contributed by atoms with E-state index in [0.717, 1.165) is 44.3 Å². The van der Waals surface area contributed by atoms with Gasteiger partial charge in [-0.1, -0.05) is 32.1 Å². The third-order valence-electron chi connectivity index (χ3n) is 5.48. The summed E-state index contributed by atoms with van der Waals surface area (Å²) in [5, 5.41) is 18.9. The zero-order valence-corrected chi connectivity index (χ0v) is 21.5. The van der Waals surface area contributed by atoms with Gasteiger partial charge in [-0.05, 0) is 63.1 Å². The molecule has 2 aromatic rings. The van der Waals surface area contributed by atoms with Crippen LogP contribution in [-0.4, -0.2) is 36.7 Å². The molecule has 10 heteroatoms. The smallest absolute Gasteiger partial charge is 0.320 e. The number of carbonyl (C=O) groups is 2. The minimum Gasteiger partial charge on any atom is -0.494 e. The number of rotatable bonds is 17. The molecule has 0 unspecified atom stereocenters. The number of nitrogens with zero attached hydrogens (tertiary/aromatic N) is 3. The molecular formula is C27H35N3O7. The second kappa shape index (κ2) is 16.8. The van der Waals surface area contributed by atoms with Crippen molar-refractivity contribution in [2.45, 2.75) is 58.8 Å². The molecule has 0 aliphatic carbocycles. The van der Waals surface area contributed by atoms with Crippen molar-refractivity contribution in [2.24, 2.45) is 16.1 Å². The fourth-order valence-corrected chi connectivity index (χ4v) is 3.53. The van der Waals surface area contributed by atoms with Crippen molar-refractivity contribution in [2.75, 3.05) is 19.8 Å². The third kappa shape index (κ3) is 11.2. The molecule has 0 saturated heterocycles. The average molecular weight is 514 g/mol. The summed E-state index contributed by atoms with van der Waals surface area (Å²) in [4.78, 5) is 34.2. The van der Waals surface area contributed by atoms with Crippen molar-refractivity contribution in [1.29, 1.82) is 0 Å². The van der Waals surface area contributed by atoms with Gasteiger partial charge in [0.25, 0.3) is 5.69 Å². The maximum Gasteiger partial charge on any atom is 0.320 e. The highest BCUT2D eigenvalue weighted by molar-refractivity contribution is 5.94.